The van der Waals surface area contributed by atoms with E-state index in [1.54, 1.807) is 12.1 Å². The summed E-state index contributed by atoms with van der Waals surface area (Å²) in [5, 5.41) is 12.3. The van der Waals surface area contributed by atoms with Crippen LogP contribution < -0.4 is 11.1 Å². The Bertz CT molecular complexity index is 417. The van der Waals surface area contributed by atoms with E-state index in [9.17, 15) is 4.79 Å². The van der Waals surface area contributed by atoms with Crippen LogP contribution in [0.25, 0.3) is 0 Å². The van der Waals surface area contributed by atoms with E-state index in [-0.39, 0.29) is 5.56 Å². The standard InChI is InChI=1S/C12H16N2O2S/c13-9-1-2-11(10(5-9)12(15)16)14-6-8-3-4-17-7-8/h1-2,5,8,14H,3-4,6-7,13H2,(H,15,16). The summed E-state index contributed by atoms with van der Waals surface area (Å²) in [6, 6.07) is 4.95. The third kappa shape index (κ3) is 3.06. The fourth-order valence-electron chi connectivity index (χ4n) is 1.89. The molecule has 1 saturated heterocycles. The fraction of sp³-hybridized carbons (Fsp3) is 0.417. The number of carboxylic acid groups (broad SMARTS) is 1. The molecule has 0 radical (unpaired) electrons. The van der Waals surface area contributed by atoms with Gasteiger partial charge in [0, 0.05) is 17.9 Å². The number of nitrogen functional groups attached to an aromatic ring is 1. The van der Waals surface area contributed by atoms with Crippen molar-refractivity contribution in [1.29, 1.82) is 0 Å². The molecule has 1 aliphatic heterocycles. The van der Waals surface area contributed by atoms with E-state index in [2.05, 4.69) is 5.32 Å². The van der Waals surface area contributed by atoms with Gasteiger partial charge in [-0.1, -0.05) is 0 Å². The van der Waals surface area contributed by atoms with Gasteiger partial charge < -0.3 is 16.2 Å². The van der Waals surface area contributed by atoms with Gasteiger partial charge >= 0.3 is 5.97 Å². The topological polar surface area (TPSA) is 75.3 Å². The highest BCUT2D eigenvalue weighted by Gasteiger charge is 2.16. The Morgan fingerprint density at radius 1 is 1.59 bits per heavy atom. The van der Waals surface area contributed by atoms with Crippen LogP contribution in [0, 0.1) is 5.92 Å². The number of hydrogen-bond donors (Lipinski definition) is 3. The zero-order valence-corrected chi connectivity index (χ0v) is 10.3. The molecule has 1 aliphatic rings. The van der Waals surface area contributed by atoms with Crippen LogP contribution >= 0.6 is 11.8 Å². The lowest BCUT2D eigenvalue weighted by Crippen LogP contribution is -2.15. The van der Waals surface area contributed by atoms with Gasteiger partial charge in [-0.3, -0.25) is 0 Å². The second-order valence-electron chi connectivity index (χ2n) is 4.22. The Hall–Kier alpha value is -1.36. The highest BCUT2D eigenvalue weighted by atomic mass is 32.2. The molecule has 2 rings (SSSR count). The number of carbonyl (C=O) groups is 1. The molecule has 0 amide bonds. The first kappa shape index (κ1) is 12.1. The molecule has 1 heterocycles. The maximum absolute atomic E-state index is 11.1. The van der Waals surface area contributed by atoms with Gasteiger partial charge in [-0.15, -0.1) is 0 Å². The first-order chi connectivity index (χ1) is 8.16. The van der Waals surface area contributed by atoms with E-state index in [1.165, 1.54) is 18.2 Å². The van der Waals surface area contributed by atoms with E-state index in [1.807, 2.05) is 11.8 Å². The number of anilines is 2. The summed E-state index contributed by atoms with van der Waals surface area (Å²) >= 11 is 1.95. The molecule has 17 heavy (non-hydrogen) atoms. The molecule has 1 aromatic rings. The van der Waals surface area contributed by atoms with Crippen molar-refractivity contribution in [2.24, 2.45) is 5.92 Å². The van der Waals surface area contributed by atoms with E-state index in [0.717, 1.165) is 12.3 Å². The van der Waals surface area contributed by atoms with Crippen molar-refractivity contribution in [3.05, 3.63) is 23.8 Å². The van der Waals surface area contributed by atoms with E-state index >= 15 is 0 Å². The second-order valence-corrected chi connectivity index (χ2v) is 5.37. The van der Waals surface area contributed by atoms with Crippen molar-refractivity contribution in [2.45, 2.75) is 6.42 Å². The summed E-state index contributed by atoms with van der Waals surface area (Å²) in [5.74, 6) is 2.06. The van der Waals surface area contributed by atoms with Crippen molar-refractivity contribution >= 4 is 29.1 Å². The van der Waals surface area contributed by atoms with Crippen LogP contribution in [0.4, 0.5) is 11.4 Å². The number of carboxylic acids is 1. The van der Waals surface area contributed by atoms with Crippen LogP contribution in [0.3, 0.4) is 0 Å². The van der Waals surface area contributed by atoms with Crippen LogP contribution in [-0.4, -0.2) is 29.1 Å². The number of rotatable bonds is 4. The SMILES string of the molecule is Nc1ccc(NCC2CCSC2)c(C(=O)O)c1. The van der Waals surface area contributed by atoms with Crippen LogP contribution in [0.1, 0.15) is 16.8 Å². The molecule has 1 atom stereocenters. The molecule has 1 aromatic carbocycles. The van der Waals surface area contributed by atoms with E-state index in [0.29, 0.717) is 17.3 Å². The lowest BCUT2D eigenvalue weighted by Gasteiger charge is -2.13. The summed E-state index contributed by atoms with van der Waals surface area (Å²) in [4.78, 5) is 11.1. The second kappa shape index (κ2) is 5.31. The largest absolute Gasteiger partial charge is 0.478 e. The molecule has 92 valence electrons. The number of nitrogens with two attached hydrogens (primary N) is 1. The molecule has 0 spiro atoms. The van der Waals surface area contributed by atoms with E-state index in [4.69, 9.17) is 10.8 Å². The van der Waals surface area contributed by atoms with Gasteiger partial charge in [-0.2, -0.15) is 11.8 Å². The molecule has 0 bridgehead atoms. The van der Waals surface area contributed by atoms with Crippen molar-refractivity contribution in [3.63, 3.8) is 0 Å². The molecule has 0 saturated carbocycles. The summed E-state index contributed by atoms with van der Waals surface area (Å²) in [7, 11) is 0. The average Bonchev–Trinajstić information content (AvgIpc) is 2.80. The molecule has 0 aromatic heterocycles. The van der Waals surface area contributed by atoms with Gasteiger partial charge in [0.1, 0.15) is 0 Å². The van der Waals surface area contributed by atoms with Gasteiger partial charge in [0.15, 0.2) is 0 Å². The van der Waals surface area contributed by atoms with Gasteiger partial charge in [0.05, 0.1) is 5.56 Å². The molecule has 4 nitrogen and oxygen atoms in total. The molecule has 0 aliphatic carbocycles. The molecular weight excluding hydrogens is 236 g/mol. The Kier molecular flexibility index (Phi) is 3.78. The van der Waals surface area contributed by atoms with Crippen LogP contribution in [0.15, 0.2) is 18.2 Å². The zero-order chi connectivity index (χ0) is 12.3. The maximum Gasteiger partial charge on any atom is 0.337 e. The molecule has 5 heteroatoms. The van der Waals surface area contributed by atoms with Gasteiger partial charge in [0.25, 0.3) is 0 Å². The third-order valence-electron chi connectivity index (χ3n) is 2.88. The normalized spacial score (nSPS) is 19.2. The van der Waals surface area contributed by atoms with Crippen molar-refractivity contribution in [3.8, 4) is 0 Å². The maximum atomic E-state index is 11.1. The van der Waals surface area contributed by atoms with E-state index < -0.39 is 5.97 Å². The predicted molar refractivity (Wildman–Crippen MR) is 71.7 cm³/mol. The van der Waals surface area contributed by atoms with Gasteiger partial charge in [0.2, 0.25) is 0 Å². The minimum Gasteiger partial charge on any atom is -0.478 e. The zero-order valence-electron chi connectivity index (χ0n) is 9.48. The molecular formula is C12H16N2O2S. The summed E-state index contributed by atoms with van der Waals surface area (Å²) in [6.07, 6.45) is 1.20. The summed E-state index contributed by atoms with van der Waals surface area (Å²) in [6.45, 7) is 0.831. The highest BCUT2D eigenvalue weighted by Crippen LogP contribution is 2.25. The van der Waals surface area contributed by atoms with Gasteiger partial charge in [-0.25, -0.2) is 4.79 Å². The number of hydrogen-bond acceptors (Lipinski definition) is 4. The van der Waals surface area contributed by atoms with Crippen molar-refractivity contribution in [2.75, 3.05) is 29.1 Å². The number of thioether (sulfide) groups is 1. The Balaban J connectivity index is 2.06. The average molecular weight is 252 g/mol. The number of nitrogens with one attached hydrogen (secondary N) is 1. The third-order valence-corrected chi connectivity index (χ3v) is 4.11. The molecule has 1 unspecified atom stereocenters. The van der Waals surface area contributed by atoms with Crippen molar-refractivity contribution in [1.82, 2.24) is 0 Å². The Labute approximate surface area is 105 Å². The quantitative estimate of drug-likeness (QED) is 0.716. The minimum atomic E-state index is -0.944. The fourth-order valence-corrected chi connectivity index (χ4v) is 3.18. The van der Waals surface area contributed by atoms with Crippen LogP contribution in [-0.2, 0) is 0 Å². The summed E-state index contributed by atoms with van der Waals surface area (Å²) < 4.78 is 0. The Morgan fingerprint density at radius 3 is 3.06 bits per heavy atom. The lowest BCUT2D eigenvalue weighted by atomic mass is 10.1. The van der Waals surface area contributed by atoms with Crippen LogP contribution in [0.2, 0.25) is 0 Å². The van der Waals surface area contributed by atoms with Crippen molar-refractivity contribution < 1.29 is 9.90 Å². The number of aromatic carboxylic acids is 1. The highest BCUT2D eigenvalue weighted by molar-refractivity contribution is 7.99. The monoisotopic (exact) mass is 252 g/mol. The first-order valence-corrected chi connectivity index (χ1v) is 6.76. The smallest absolute Gasteiger partial charge is 0.337 e. The predicted octanol–water partition coefficient (Wildman–Crippen LogP) is 2.13. The number of benzene rings is 1. The van der Waals surface area contributed by atoms with Gasteiger partial charge in [-0.05, 0) is 42.0 Å². The van der Waals surface area contributed by atoms with Crippen LogP contribution in [0.5, 0.6) is 0 Å². The molecule has 4 N–H and O–H groups in total. The lowest BCUT2D eigenvalue weighted by molar-refractivity contribution is 0.0698. The minimum absolute atomic E-state index is 0.246. The Morgan fingerprint density at radius 2 is 2.41 bits per heavy atom. The first-order valence-electron chi connectivity index (χ1n) is 5.61. The molecule has 1 fully saturated rings. The summed E-state index contributed by atoms with van der Waals surface area (Å²) in [5.41, 5.74) is 6.97.